The monoisotopic (exact) mass is 238 g/mol. The fourth-order valence-electron chi connectivity index (χ4n) is 1.26. The molecule has 1 N–H and O–H groups in total. The van der Waals surface area contributed by atoms with Crippen LogP contribution in [0.2, 0.25) is 0 Å². The van der Waals surface area contributed by atoms with Crippen molar-refractivity contribution in [3.05, 3.63) is 29.8 Å². The molecule has 0 aliphatic rings. The van der Waals surface area contributed by atoms with Crippen LogP contribution in [0.5, 0.6) is 0 Å². The molecule has 0 aromatic carbocycles. The molecule has 0 radical (unpaired) electrons. The maximum atomic E-state index is 12.9. The van der Waals surface area contributed by atoms with Gasteiger partial charge in [-0.15, -0.1) is 18.2 Å². The normalized spacial score (nSPS) is 12.1. The first-order valence-corrected chi connectivity index (χ1v) is 6.24. The third kappa shape index (κ3) is 4.65. The third-order valence-corrected chi connectivity index (χ3v) is 2.97. The summed E-state index contributed by atoms with van der Waals surface area (Å²) in [6, 6.07) is 1.61. The first-order chi connectivity index (χ1) is 7.74. The first kappa shape index (κ1) is 13.0. The number of nitrogens with zero attached hydrogens (tertiary/aromatic N) is 1. The molecule has 0 amide bonds. The first-order valence-electron chi connectivity index (χ1n) is 5.09. The second-order valence-electron chi connectivity index (χ2n) is 3.37. The van der Waals surface area contributed by atoms with E-state index in [4.69, 9.17) is 6.42 Å². The van der Waals surface area contributed by atoms with Gasteiger partial charge in [-0.2, -0.15) is 0 Å². The number of halogens is 1. The summed E-state index contributed by atoms with van der Waals surface area (Å²) >= 11 is 1.71. The van der Waals surface area contributed by atoms with Crippen LogP contribution in [0.25, 0.3) is 0 Å². The van der Waals surface area contributed by atoms with E-state index in [9.17, 15) is 4.39 Å². The van der Waals surface area contributed by atoms with Gasteiger partial charge in [-0.25, -0.2) is 4.39 Å². The van der Waals surface area contributed by atoms with Crippen LogP contribution in [-0.4, -0.2) is 23.0 Å². The minimum absolute atomic E-state index is 0.106. The number of hydrogen-bond acceptors (Lipinski definition) is 3. The Morgan fingerprint density at radius 3 is 3.12 bits per heavy atom. The lowest BCUT2D eigenvalue weighted by molar-refractivity contribution is 0.579. The molecule has 0 saturated carbocycles. The molecule has 1 rings (SSSR count). The van der Waals surface area contributed by atoms with Crippen LogP contribution in [-0.2, 0) is 0 Å². The molecule has 0 aliphatic heterocycles. The average Bonchev–Trinajstić information content (AvgIpc) is 2.28. The molecule has 1 unspecified atom stereocenters. The third-order valence-electron chi connectivity index (χ3n) is 2.11. The van der Waals surface area contributed by atoms with Crippen molar-refractivity contribution < 1.29 is 4.39 Å². The average molecular weight is 238 g/mol. The summed E-state index contributed by atoms with van der Waals surface area (Å²) in [5.74, 6) is 3.96. The van der Waals surface area contributed by atoms with Gasteiger partial charge in [0, 0.05) is 24.5 Å². The molecule has 0 fully saturated rings. The molecule has 1 atom stereocenters. The predicted molar refractivity (Wildman–Crippen MR) is 66.8 cm³/mol. The van der Waals surface area contributed by atoms with Crippen molar-refractivity contribution in [3.63, 3.8) is 0 Å². The van der Waals surface area contributed by atoms with Gasteiger partial charge in [-0.1, -0.05) is 5.92 Å². The van der Waals surface area contributed by atoms with E-state index in [0.29, 0.717) is 0 Å². The van der Waals surface area contributed by atoms with Gasteiger partial charge in [-0.3, -0.25) is 4.98 Å². The van der Waals surface area contributed by atoms with Crippen molar-refractivity contribution >= 4 is 11.8 Å². The van der Waals surface area contributed by atoms with Crippen LogP contribution in [0.3, 0.4) is 0 Å². The van der Waals surface area contributed by atoms with E-state index in [1.54, 1.807) is 18.0 Å². The van der Waals surface area contributed by atoms with Gasteiger partial charge < -0.3 is 5.32 Å². The number of aromatic nitrogens is 1. The highest BCUT2D eigenvalue weighted by Gasteiger charge is 2.05. The van der Waals surface area contributed by atoms with E-state index < -0.39 is 0 Å². The molecule has 16 heavy (non-hydrogen) atoms. The fourth-order valence-corrected chi connectivity index (χ4v) is 1.79. The van der Waals surface area contributed by atoms with Gasteiger partial charge >= 0.3 is 0 Å². The van der Waals surface area contributed by atoms with Crippen molar-refractivity contribution in [1.29, 1.82) is 0 Å². The maximum Gasteiger partial charge on any atom is 0.141 e. The molecular formula is C12H15FN2S. The van der Waals surface area contributed by atoms with E-state index >= 15 is 0 Å². The zero-order chi connectivity index (χ0) is 11.8. The summed E-state index contributed by atoms with van der Waals surface area (Å²) in [6.45, 7) is 2.84. The molecule has 1 aromatic heterocycles. The van der Waals surface area contributed by atoms with E-state index in [0.717, 1.165) is 23.6 Å². The minimum atomic E-state index is -0.298. The fraction of sp³-hybridized carbons (Fsp3) is 0.417. The molecule has 0 spiro atoms. The lowest BCUT2D eigenvalue weighted by Crippen LogP contribution is -2.21. The summed E-state index contributed by atoms with van der Waals surface area (Å²) in [7, 11) is 0. The summed E-state index contributed by atoms with van der Waals surface area (Å²) in [4.78, 5) is 3.82. The van der Waals surface area contributed by atoms with Crippen molar-refractivity contribution in [2.24, 2.45) is 0 Å². The van der Waals surface area contributed by atoms with Crippen LogP contribution in [0.4, 0.5) is 4.39 Å². The molecule has 0 aliphatic carbocycles. The van der Waals surface area contributed by atoms with E-state index in [1.165, 1.54) is 12.3 Å². The van der Waals surface area contributed by atoms with Crippen LogP contribution in [0, 0.1) is 18.2 Å². The molecule has 86 valence electrons. The zero-order valence-corrected chi connectivity index (χ0v) is 10.1. The Bertz CT molecular complexity index is 362. The number of pyridine rings is 1. The van der Waals surface area contributed by atoms with Crippen molar-refractivity contribution in [3.8, 4) is 12.3 Å². The van der Waals surface area contributed by atoms with Gasteiger partial charge in [0.15, 0.2) is 0 Å². The molecule has 0 bridgehead atoms. The highest BCUT2D eigenvalue weighted by molar-refractivity contribution is 7.99. The lowest BCUT2D eigenvalue weighted by atomic mass is 10.1. The highest BCUT2D eigenvalue weighted by atomic mass is 32.2. The molecule has 4 heteroatoms. The Hall–Kier alpha value is -1.05. The topological polar surface area (TPSA) is 24.9 Å². The van der Waals surface area contributed by atoms with Crippen molar-refractivity contribution in [2.45, 2.75) is 13.0 Å². The maximum absolute atomic E-state index is 12.9. The summed E-state index contributed by atoms with van der Waals surface area (Å²) in [5, 5.41) is 3.29. The summed E-state index contributed by atoms with van der Waals surface area (Å²) in [6.07, 6.45) is 8.02. The highest BCUT2D eigenvalue weighted by Crippen LogP contribution is 2.11. The predicted octanol–water partition coefficient (Wildman–Crippen LogP) is 2.24. The van der Waals surface area contributed by atoms with Gasteiger partial charge in [0.25, 0.3) is 0 Å². The Kier molecular flexibility index (Phi) is 5.91. The number of rotatable bonds is 6. The quantitative estimate of drug-likeness (QED) is 0.608. The molecular weight excluding hydrogens is 223 g/mol. The number of terminal acetylenes is 1. The largest absolute Gasteiger partial charge is 0.309 e. The zero-order valence-electron chi connectivity index (χ0n) is 9.24. The Balaban J connectivity index is 2.30. The van der Waals surface area contributed by atoms with Crippen LogP contribution >= 0.6 is 11.8 Å². The second-order valence-corrected chi connectivity index (χ2v) is 4.47. The molecule has 2 nitrogen and oxygen atoms in total. The van der Waals surface area contributed by atoms with Gasteiger partial charge in [0.1, 0.15) is 5.82 Å². The Morgan fingerprint density at radius 1 is 1.62 bits per heavy atom. The van der Waals surface area contributed by atoms with Gasteiger partial charge in [0.05, 0.1) is 11.9 Å². The van der Waals surface area contributed by atoms with Crippen LogP contribution < -0.4 is 5.32 Å². The molecule has 1 heterocycles. The van der Waals surface area contributed by atoms with E-state index in [1.807, 2.05) is 6.92 Å². The van der Waals surface area contributed by atoms with E-state index in [-0.39, 0.29) is 11.9 Å². The Morgan fingerprint density at radius 2 is 2.44 bits per heavy atom. The van der Waals surface area contributed by atoms with Crippen molar-refractivity contribution in [2.75, 3.05) is 18.1 Å². The summed E-state index contributed by atoms with van der Waals surface area (Å²) in [5.41, 5.74) is 0.863. The SMILES string of the molecule is C#CCSCCNC(C)c1cncc(F)c1. The minimum Gasteiger partial charge on any atom is -0.309 e. The smallest absolute Gasteiger partial charge is 0.141 e. The van der Waals surface area contributed by atoms with E-state index in [2.05, 4.69) is 16.2 Å². The number of nitrogens with one attached hydrogen (secondary N) is 1. The Labute approximate surface area is 100 Å². The summed E-state index contributed by atoms with van der Waals surface area (Å²) < 4.78 is 12.9. The number of thioether (sulfide) groups is 1. The molecule has 0 saturated heterocycles. The van der Waals surface area contributed by atoms with Gasteiger partial charge in [-0.05, 0) is 18.6 Å². The molecule has 1 aromatic rings. The van der Waals surface area contributed by atoms with Crippen molar-refractivity contribution in [1.82, 2.24) is 10.3 Å². The van der Waals surface area contributed by atoms with Crippen LogP contribution in [0.1, 0.15) is 18.5 Å². The van der Waals surface area contributed by atoms with Crippen LogP contribution in [0.15, 0.2) is 18.5 Å². The van der Waals surface area contributed by atoms with Gasteiger partial charge in [0.2, 0.25) is 0 Å². The number of hydrogen-bond donors (Lipinski definition) is 1. The lowest BCUT2D eigenvalue weighted by Gasteiger charge is -2.13. The standard InChI is InChI=1S/C12H15FN2S/c1-3-5-16-6-4-15-10(2)11-7-12(13)9-14-8-11/h1,7-10,15H,4-6H2,2H3. The second kappa shape index (κ2) is 7.26.